The maximum absolute atomic E-state index is 12.7. The Balaban J connectivity index is 1.69. The third kappa shape index (κ3) is 3.25. The van der Waals surface area contributed by atoms with Gasteiger partial charge in [0, 0.05) is 31.9 Å². The number of carbonyl (C=O) groups is 2. The van der Waals surface area contributed by atoms with Crippen molar-refractivity contribution < 1.29 is 14.7 Å². The Bertz CT molecular complexity index is 747. The average Bonchev–Trinajstić information content (AvgIpc) is 2.62. The molecule has 0 atom stereocenters. The molecule has 1 N–H and O–H groups in total. The molecule has 1 fully saturated rings. The van der Waals surface area contributed by atoms with Gasteiger partial charge in [-0.05, 0) is 31.2 Å². The lowest BCUT2D eigenvalue weighted by Crippen LogP contribution is -2.49. The first-order chi connectivity index (χ1) is 11.6. The number of hydrogen-bond acceptors (Lipinski definition) is 3. The molecule has 0 aliphatic carbocycles. The van der Waals surface area contributed by atoms with Gasteiger partial charge >= 0.3 is 5.97 Å². The van der Waals surface area contributed by atoms with Gasteiger partial charge in [-0.15, -0.1) is 0 Å². The van der Waals surface area contributed by atoms with E-state index in [1.54, 1.807) is 23.1 Å². The van der Waals surface area contributed by atoms with Crippen LogP contribution in [0.3, 0.4) is 0 Å². The highest BCUT2D eigenvalue weighted by Gasteiger charge is 2.25. The number of nitrogens with zero attached hydrogens (tertiary/aromatic N) is 2. The molecule has 1 aliphatic rings. The van der Waals surface area contributed by atoms with Gasteiger partial charge in [0.05, 0.1) is 11.1 Å². The summed E-state index contributed by atoms with van der Waals surface area (Å²) in [6.07, 6.45) is 0. The predicted molar refractivity (Wildman–Crippen MR) is 92.7 cm³/mol. The Morgan fingerprint density at radius 2 is 1.46 bits per heavy atom. The van der Waals surface area contributed by atoms with Gasteiger partial charge in [-0.2, -0.15) is 0 Å². The van der Waals surface area contributed by atoms with Gasteiger partial charge in [0.2, 0.25) is 0 Å². The quantitative estimate of drug-likeness (QED) is 0.943. The molecule has 0 bridgehead atoms. The topological polar surface area (TPSA) is 60.9 Å². The van der Waals surface area contributed by atoms with E-state index in [4.69, 9.17) is 0 Å². The molecule has 2 aromatic rings. The number of aromatic carboxylic acids is 1. The zero-order valence-corrected chi connectivity index (χ0v) is 13.6. The Hall–Kier alpha value is -2.82. The van der Waals surface area contributed by atoms with Crippen LogP contribution in [0.2, 0.25) is 0 Å². The molecular weight excluding hydrogens is 304 g/mol. The van der Waals surface area contributed by atoms with E-state index in [0.29, 0.717) is 13.1 Å². The predicted octanol–water partition coefficient (Wildman–Crippen LogP) is 2.66. The van der Waals surface area contributed by atoms with Gasteiger partial charge in [-0.25, -0.2) is 4.79 Å². The summed E-state index contributed by atoms with van der Waals surface area (Å²) in [5.41, 5.74) is 2.69. The van der Waals surface area contributed by atoms with E-state index in [-0.39, 0.29) is 17.0 Å². The van der Waals surface area contributed by atoms with E-state index in [1.165, 1.54) is 11.6 Å². The molecule has 3 rings (SSSR count). The van der Waals surface area contributed by atoms with Crippen LogP contribution in [0, 0.1) is 6.92 Å². The molecule has 1 saturated heterocycles. The van der Waals surface area contributed by atoms with Gasteiger partial charge in [-0.1, -0.05) is 29.8 Å². The molecule has 2 aromatic carbocycles. The van der Waals surface area contributed by atoms with Crippen LogP contribution in [0.4, 0.5) is 5.69 Å². The number of hydrogen-bond donors (Lipinski definition) is 1. The zero-order chi connectivity index (χ0) is 17.1. The Morgan fingerprint density at radius 1 is 0.875 bits per heavy atom. The van der Waals surface area contributed by atoms with Gasteiger partial charge in [-0.3, -0.25) is 4.79 Å². The number of carboxylic acid groups (broad SMARTS) is 1. The number of carboxylic acids is 1. The highest BCUT2D eigenvalue weighted by atomic mass is 16.4. The van der Waals surface area contributed by atoms with Gasteiger partial charge in [0.25, 0.3) is 5.91 Å². The lowest BCUT2D eigenvalue weighted by atomic mass is 10.1. The minimum atomic E-state index is -1.07. The number of aryl methyl sites for hydroxylation is 1. The highest BCUT2D eigenvalue weighted by Crippen LogP contribution is 2.19. The molecule has 5 heteroatoms. The lowest BCUT2D eigenvalue weighted by Gasteiger charge is -2.36. The van der Waals surface area contributed by atoms with E-state index < -0.39 is 5.97 Å². The molecule has 0 saturated carbocycles. The van der Waals surface area contributed by atoms with E-state index in [0.717, 1.165) is 18.8 Å². The Kier molecular flexibility index (Phi) is 4.51. The second kappa shape index (κ2) is 6.74. The van der Waals surface area contributed by atoms with Crippen LogP contribution in [0.5, 0.6) is 0 Å². The third-order valence-corrected chi connectivity index (χ3v) is 4.35. The van der Waals surface area contributed by atoms with E-state index in [2.05, 4.69) is 36.1 Å². The first-order valence-electron chi connectivity index (χ1n) is 7.99. The number of rotatable bonds is 3. The summed E-state index contributed by atoms with van der Waals surface area (Å²) in [4.78, 5) is 27.9. The molecule has 1 heterocycles. The SMILES string of the molecule is Cc1ccc(N2CCN(C(=O)c3ccccc3C(=O)O)CC2)cc1. The van der Waals surface area contributed by atoms with Crippen molar-refractivity contribution >= 4 is 17.6 Å². The van der Waals surface area contributed by atoms with Crippen molar-refractivity contribution in [2.24, 2.45) is 0 Å². The van der Waals surface area contributed by atoms with E-state index in [9.17, 15) is 14.7 Å². The first kappa shape index (κ1) is 16.1. The molecule has 24 heavy (non-hydrogen) atoms. The highest BCUT2D eigenvalue weighted by molar-refractivity contribution is 6.04. The fourth-order valence-corrected chi connectivity index (χ4v) is 2.95. The normalized spacial score (nSPS) is 14.5. The van der Waals surface area contributed by atoms with Crippen molar-refractivity contribution in [1.29, 1.82) is 0 Å². The number of carbonyl (C=O) groups excluding carboxylic acids is 1. The van der Waals surface area contributed by atoms with Crippen LogP contribution < -0.4 is 4.90 Å². The second-order valence-electron chi connectivity index (χ2n) is 5.97. The maximum atomic E-state index is 12.7. The van der Waals surface area contributed by atoms with Crippen molar-refractivity contribution in [3.63, 3.8) is 0 Å². The Labute approximate surface area is 141 Å². The average molecular weight is 324 g/mol. The van der Waals surface area contributed by atoms with Gasteiger partial charge < -0.3 is 14.9 Å². The molecule has 0 radical (unpaired) electrons. The third-order valence-electron chi connectivity index (χ3n) is 4.35. The second-order valence-corrected chi connectivity index (χ2v) is 5.97. The minimum absolute atomic E-state index is 0.0588. The monoisotopic (exact) mass is 324 g/mol. The summed E-state index contributed by atoms with van der Waals surface area (Å²) in [7, 11) is 0. The van der Waals surface area contributed by atoms with Crippen molar-refractivity contribution in [1.82, 2.24) is 4.90 Å². The zero-order valence-electron chi connectivity index (χ0n) is 13.6. The number of amides is 1. The van der Waals surface area contributed by atoms with Gasteiger partial charge in [0.1, 0.15) is 0 Å². The van der Waals surface area contributed by atoms with Crippen LogP contribution in [-0.4, -0.2) is 48.1 Å². The summed E-state index contributed by atoms with van der Waals surface area (Å²) in [6, 6.07) is 14.7. The number of anilines is 1. The molecular formula is C19H20N2O3. The summed E-state index contributed by atoms with van der Waals surface area (Å²) < 4.78 is 0. The largest absolute Gasteiger partial charge is 0.478 e. The van der Waals surface area contributed by atoms with Crippen molar-refractivity contribution in [3.05, 3.63) is 65.2 Å². The molecule has 0 aromatic heterocycles. The summed E-state index contributed by atoms with van der Waals surface area (Å²) >= 11 is 0. The lowest BCUT2D eigenvalue weighted by molar-refractivity contribution is 0.0673. The van der Waals surface area contributed by atoms with Crippen molar-refractivity contribution in [2.45, 2.75) is 6.92 Å². The summed E-state index contributed by atoms with van der Waals surface area (Å²) in [5, 5.41) is 9.25. The smallest absolute Gasteiger partial charge is 0.336 e. The molecule has 0 spiro atoms. The Morgan fingerprint density at radius 3 is 2.04 bits per heavy atom. The maximum Gasteiger partial charge on any atom is 0.336 e. The van der Waals surface area contributed by atoms with Crippen molar-refractivity contribution in [3.8, 4) is 0 Å². The van der Waals surface area contributed by atoms with E-state index in [1.807, 2.05) is 0 Å². The van der Waals surface area contributed by atoms with Crippen LogP contribution in [0.15, 0.2) is 48.5 Å². The van der Waals surface area contributed by atoms with Crippen LogP contribution in [0.1, 0.15) is 26.3 Å². The molecule has 124 valence electrons. The molecule has 1 amide bonds. The first-order valence-corrected chi connectivity index (χ1v) is 7.99. The molecule has 5 nitrogen and oxygen atoms in total. The van der Waals surface area contributed by atoms with Crippen LogP contribution in [0.25, 0.3) is 0 Å². The fourth-order valence-electron chi connectivity index (χ4n) is 2.95. The minimum Gasteiger partial charge on any atom is -0.478 e. The summed E-state index contributed by atoms with van der Waals surface area (Å²) in [6.45, 7) is 4.70. The fraction of sp³-hybridized carbons (Fsp3) is 0.263. The van der Waals surface area contributed by atoms with E-state index >= 15 is 0 Å². The van der Waals surface area contributed by atoms with Gasteiger partial charge in [0.15, 0.2) is 0 Å². The van der Waals surface area contributed by atoms with Crippen LogP contribution in [-0.2, 0) is 0 Å². The van der Waals surface area contributed by atoms with Crippen LogP contribution >= 0.6 is 0 Å². The molecule has 1 aliphatic heterocycles. The van der Waals surface area contributed by atoms with Crippen molar-refractivity contribution in [2.75, 3.05) is 31.1 Å². The standard InChI is InChI=1S/C19H20N2O3/c1-14-6-8-15(9-7-14)20-10-12-21(13-11-20)18(22)16-4-2-3-5-17(16)19(23)24/h2-9H,10-13H2,1H3,(H,23,24). The summed E-state index contributed by atoms with van der Waals surface area (Å²) in [5.74, 6) is -1.28. The number of benzene rings is 2. The number of piperazine rings is 1. The molecule has 0 unspecified atom stereocenters.